The van der Waals surface area contributed by atoms with Crippen LogP contribution in [0.25, 0.3) is 0 Å². The molecule has 20 heavy (non-hydrogen) atoms. The Labute approximate surface area is 119 Å². The molecule has 1 aromatic carbocycles. The molecule has 4 nitrogen and oxygen atoms in total. The second-order valence-corrected chi connectivity index (χ2v) is 4.86. The van der Waals surface area contributed by atoms with E-state index in [1.165, 1.54) is 11.1 Å². The van der Waals surface area contributed by atoms with Gasteiger partial charge in [0.1, 0.15) is 6.61 Å². The van der Waals surface area contributed by atoms with Crippen molar-refractivity contribution in [3.05, 3.63) is 59.8 Å². The van der Waals surface area contributed by atoms with Crippen LogP contribution in [0.1, 0.15) is 18.0 Å². The van der Waals surface area contributed by atoms with Gasteiger partial charge in [0.2, 0.25) is 0 Å². The van der Waals surface area contributed by atoms with Crippen LogP contribution in [-0.4, -0.2) is 25.7 Å². The molecule has 0 bridgehead atoms. The van der Waals surface area contributed by atoms with E-state index in [2.05, 4.69) is 47.1 Å². The first-order valence-corrected chi connectivity index (χ1v) is 7.00. The Morgan fingerprint density at radius 2 is 2.15 bits per heavy atom. The number of dihydropyridines is 1. The summed E-state index contributed by atoms with van der Waals surface area (Å²) in [6.45, 7) is 2.43. The third-order valence-electron chi connectivity index (χ3n) is 3.40. The van der Waals surface area contributed by atoms with Crippen molar-refractivity contribution < 1.29 is 4.74 Å². The van der Waals surface area contributed by atoms with Gasteiger partial charge in [-0.25, -0.2) is 4.99 Å². The fraction of sp³-hybridized carbons (Fsp3) is 0.312. The molecular formula is C16H19N3O. The summed E-state index contributed by atoms with van der Waals surface area (Å²) in [6.07, 6.45) is 7.20. The van der Waals surface area contributed by atoms with Gasteiger partial charge in [-0.3, -0.25) is 0 Å². The van der Waals surface area contributed by atoms with Crippen molar-refractivity contribution in [3.8, 4) is 0 Å². The van der Waals surface area contributed by atoms with E-state index in [1.54, 1.807) is 0 Å². The summed E-state index contributed by atoms with van der Waals surface area (Å²) in [5, 5.41) is 6.34. The van der Waals surface area contributed by atoms with Crippen molar-refractivity contribution in [1.82, 2.24) is 10.6 Å². The Balaban J connectivity index is 1.81. The summed E-state index contributed by atoms with van der Waals surface area (Å²) in [5.74, 6) is 0. The SMILES string of the molecule is C1=CC(CC(/N=C2/NCCO2)c2ccccc2)=CCN1. The Bertz CT molecular complexity index is 526. The number of aliphatic imine (C=N–C) groups is 1. The summed E-state index contributed by atoms with van der Waals surface area (Å²) in [4.78, 5) is 4.73. The molecule has 104 valence electrons. The van der Waals surface area contributed by atoms with Gasteiger partial charge in [0.05, 0.1) is 12.6 Å². The van der Waals surface area contributed by atoms with E-state index < -0.39 is 0 Å². The molecule has 2 heterocycles. The Kier molecular flexibility index (Phi) is 4.01. The van der Waals surface area contributed by atoms with Gasteiger partial charge in [0.25, 0.3) is 6.02 Å². The average molecular weight is 269 g/mol. The zero-order valence-corrected chi connectivity index (χ0v) is 11.4. The Morgan fingerprint density at radius 1 is 1.25 bits per heavy atom. The predicted molar refractivity (Wildman–Crippen MR) is 80.4 cm³/mol. The average Bonchev–Trinajstić information content (AvgIpc) is 3.02. The van der Waals surface area contributed by atoms with E-state index in [-0.39, 0.29) is 6.04 Å². The predicted octanol–water partition coefficient (Wildman–Crippen LogP) is 2.14. The molecule has 4 heteroatoms. The maximum absolute atomic E-state index is 5.48. The number of ether oxygens (including phenoxy) is 1. The molecule has 0 aliphatic carbocycles. The van der Waals surface area contributed by atoms with Crippen LogP contribution >= 0.6 is 0 Å². The maximum atomic E-state index is 5.48. The van der Waals surface area contributed by atoms with Gasteiger partial charge in [-0.2, -0.15) is 0 Å². The summed E-state index contributed by atoms with van der Waals surface area (Å²) in [6, 6.07) is 11.1. The quantitative estimate of drug-likeness (QED) is 0.880. The highest BCUT2D eigenvalue weighted by Crippen LogP contribution is 2.26. The van der Waals surface area contributed by atoms with Crippen LogP contribution in [0.15, 0.2) is 59.2 Å². The highest BCUT2D eigenvalue weighted by atomic mass is 16.5. The molecule has 2 aliphatic rings. The van der Waals surface area contributed by atoms with E-state index in [4.69, 9.17) is 9.73 Å². The molecule has 1 aromatic rings. The lowest BCUT2D eigenvalue weighted by Crippen LogP contribution is -2.17. The standard InChI is InChI=1S/C16H19N3O/c1-2-4-14(5-3-1)15(19-16-18-10-11-20-16)12-13-6-8-17-9-7-13/h1-8,15,17H,9-12H2,(H,18,19). The fourth-order valence-corrected chi connectivity index (χ4v) is 2.36. The van der Waals surface area contributed by atoms with Gasteiger partial charge in [0, 0.05) is 6.54 Å². The first-order valence-electron chi connectivity index (χ1n) is 7.00. The molecule has 1 unspecified atom stereocenters. The molecule has 0 saturated carbocycles. The molecule has 3 rings (SSSR count). The molecule has 0 amide bonds. The van der Waals surface area contributed by atoms with Crippen molar-refractivity contribution in [3.63, 3.8) is 0 Å². The lowest BCUT2D eigenvalue weighted by molar-refractivity contribution is 0.348. The minimum atomic E-state index is 0.0887. The van der Waals surface area contributed by atoms with Crippen LogP contribution in [-0.2, 0) is 4.74 Å². The summed E-state index contributed by atoms with van der Waals surface area (Å²) < 4.78 is 5.48. The van der Waals surface area contributed by atoms with Crippen molar-refractivity contribution >= 4 is 6.02 Å². The summed E-state index contributed by atoms with van der Waals surface area (Å²) in [7, 11) is 0. The molecular weight excluding hydrogens is 250 g/mol. The van der Waals surface area contributed by atoms with Gasteiger partial charge >= 0.3 is 0 Å². The van der Waals surface area contributed by atoms with Crippen molar-refractivity contribution in [1.29, 1.82) is 0 Å². The molecule has 2 aliphatic heterocycles. The third kappa shape index (κ3) is 3.20. The highest BCUT2D eigenvalue weighted by Gasteiger charge is 2.16. The van der Waals surface area contributed by atoms with Crippen LogP contribution in [0.3, 0.4) is 0 Å². The van der Waals surface area contributed by atoms with Crippen LogP contribution in [0.2, 0.25) is 0 Å². The number of nitrogens with zero attached hydrogens (tertiary/aromatic N) is 1. The van der Waals surface area contributed by atoms with Crippen molar-refractivity contribution in [2.45, 2.75) is 12.5 Å². The Hall–Kier alpha value is -2.23. The number of hydrogen-bond acceptors (Lipinski definition) is 3. The van der Waals surface area contributed by atoms with Gasteiger partial charge in [-0.15, -0.1) is 0 Å². The van der Waals surface area contributed by atoms with Gasteiger partial charge in [0.15, 0.2) is 0 Å². The van der Waals surface area contributed by atoms with E-state index >= 15 is 0 Å². The zero-order chi connectivity index (χ0) is 13.6. The van der Waals surface area contributed by atoms with E-state index in [1.807, 2.05) is 12.3 Å². The number of allylic oxidation sites excluding steroid dienone is 1. The molecule has 1 saturated heterocycles. The molecule has 1 fully saturated rings. The van der Waals surface area contributed by atoms with Crippen LogP contribution in [0.4, 0.5) is 0 Å². The molecule has 1 atom stereocenters. The number of benzene rings is 1. The topological polar surface area (TPSA) is 45.7 Å². The highest BCUT2D eigenvalue weighted by molar-refractivity contribution is 5.75. The number of nitrogens with one attached hydrogen (secondary N) is 2. The third-order valence-corrected chi connectivity index (χ3v) is 3.40. The van der Waals surface area contributed by atoms with E-state index in [0.29, 0.717) is 12.6 Å². The van der Waals surface area contributed by atoms with E-state index in [0.717, 1.165) is 19.5 Å². The number of rotatable bonds is 4. The van der Waals surface area contributed by atoms with Crippen molar-refractivity contribution in [2.75, 3.05) is 19.7 Å². The summed E-state index contributed by atoms with van der Waals surface area (Å²) >= 11 is 0. The van der Waals surface area contributed by atoms with Gasteiger partial charge < -0.3 is 15.4 Å². The minimum Gasteiger partial charge on any atom is -0.463 e. The van der Waals surface area contributed by atoms with Crippen LogP contribution in [0, 0.1) is 0 Å². The second-order valence-electron chi connectivity index (χ2n) is 4.86. The first-order chi connectivity index (χ1) is 9.92. The molecule has 0 spiro atoms. The second kappa shape index (κ2) is 6.28. The normalized spacial score (nSPS) is 20.8. The first kappa shape index (κ1) is 12.8. The maximum Gasteiger partial charge on any atom is 0.285 e. The van der Waals surface area contributed by atoms with Gasteiger partial charge in [-0.05, 0) is 29.8 Å². The fourth-order valence-electron chi connectivity index (χ4n) is 2.36. The summed E-state index contributed by atoms with van der Waals surface area (Å²) in [5.41, 5.74) is 2.52. The van der Waals surface area contributed by atoms with Gasteiger partial charge in [-0.1, -0.05) is 36.4 Å². The molecule has 2 N–H and O–H groups in total. The zero-order valence-electron chi connectivity index (χ0n) is 11.4. The monoisotopic (exact) mass is 269 g/mol. The molecule has 0 radical (unpaired) electrons. The minimum absolute atomic E-state index is 0.0887. The van der Waals surface area contributed by atoms with Crippen molar-refractivity contribution in [2.24, 2.45) is 4.99 Å². The lowest BCUT2D eigenvalue weighted by atomic mass is 9.98. The number of amidine groups is 1. The molecule has 0 aromatic heterocycles. The Morgan fingerprint density at radius 3 is 2.85 bits per heavy atom. The van der Waals surface area contributed by atoms with E-state index in [9.17, 15) is 0 Å². The largest absolute Gasteiger partial charge is 0.463 e. The van der Waals surface area contributed by atoms with Crippen LogP contribution in [0.5, 0.6) is 0 Å². The lowest BCUT2D eigenvalue weighted by Gasteiger charge is -2.16. The smallest absolute Gasteiger partial charge is 0.285 e. The van der Waals surface area contributed by atoms with Crippen LogP contribution < -0.4 is 10.6 Å². The number of hydrogen-bond donors (Lipinski definition) is 2.